The number of nitrogens with one attached hydrogen (secondary N) is 2. The number of anilines is 2. The Balaban J connectivity index is 2.54. The van der Waals surface area contributed by atoms with Gasteiger partial charge in [0.1, 0.15) is 0 Å². The summed E-state index contributed by atoms with van der Waals surface area (Å²) in [5.41, 5.74) is 4.53. The van der Waals surface area contributed by atoms with E-state index < -0.39 is 0 Å². The molecule has 92 valence electrons. The highest BCUT2D eigenvalue weighted by Gasteiger charge is 2.17. The minimum absolute atomic E-state index is 0.530. The number of hydrogen-bond acceptors (Lipinski definition) is 4. The van der Waals surface area contributed by atoms with Crippen LogP contribution in [0.2, 0.25) is 0 Å². The van der Waals surface area contributed by atoms with Gasteiger partial charge in [0.15, 0.2) is 5.75 Å². The van der Waals surface area contributed by atoms with E-state index >= 15 is 0 Å². The van der Waals surface area contributed by atoms with Crippen molar-refractivity contribution in [1.29, 1.82) is 0 Å². The molecule has 0 unspecified atom stereocenters. The summed E-state index contributed by atoms with van der Waals surface area (Å²) in [4.78, 5) is 4.88. The SMILES string of the molecule is CNc1c(ON)ccc2c1C=C(C(C)C)CN2. The van der Waals surface area contributed by atoms with E-state index in [0.29, 0.717) is 11.7 Å². The first-order valence-corrected chi connectivity index (χ1v) is 5.83. The Labute approximate surface area is 102 Å². The lowest BCUT2D eigenvalue weighted by Gasteiger charge is -2.24. The first-order chi connectivity index (χ1) is 8.17. The maximum atomic E-state index is 5.27. The number of nitrogens with two attached hydrogens (primary N) is 1. The molecule has 0 spiro atoms. The Bertz CT molecular complexity index is 452. The van der Waals surface area contributed by atoms with Gasteiger partial charge >= 0.3 is 0 Å². The Morgan fingerprint density at radius 2 is 2.18 bits per heavy atom. The third-order valence-electron chi connectivity index (χ3n) is 3.14. The summed E-state index contributed by atoms with van der Waals surface area (Å²) in [6.45, 7) is 5.29. The molecule has 0 aliphatic carbocycles. The highest BCUT2D eigenvalue weighted by atomic mass is 16.6. The van der Waals surface area contributed by atoms with Gasteiger partial charge in [0.25, 0.3) is 0 Å². The number of hydrogen-bond donors (Lipinski definition) is 3. The Morgan fingerprint density at radius 1 is 1.41 bits per heavy atom. The van der Waals surface area contributed by atoms with Gasteiger partial charge in [-0.3, -0.25) is 0 Å². The van der Waals surface area contributed by atoms with Crippen LogP contribution in [0, 0.1) is 5.92 Å². The van der Waals surface area contributed by atoms with Crippen molar-refractivity contribution in [3.05, 3.63) is 23.3 Å². The van der Waals surface area contributed by atoms with Crippen LogP contribution in [0.25, 0.3) is 6.08 Å². The minimum atomic E-state index is 0.530. The van der Waals surface area contributed by atoms with Gasteiger partial charge in [0.05, 0.1) is 5.69 Å². The molecule has 0 radical (unpaired) electrons. The monoisotopic (exact) mass is 233 g/mol. The minimum Gasteiger partial charge on any atom is -0.409 e. The van der Waals surface area contributed by atoms with Gasteiger partial charge in [-0.25, -0.2) is 0 Å². The van der Waals surface area contributed by atoms with E-state index in [1.165, 1.54) is 5.57 Å². The van der Waals surface area contributed by atoms with E-state index in [2.05, 4.69) is 30.6 Å². The maximum absolute atomic E-state index is 5.27. The van der Waals surface area contributed by atoms with E-state index in [1.54, 1.807) is 0 Å². The predicted molar refractivity (Wildman–Crippen MR) is 72.1 cm³/mol. The van der Waals surface area contributed by atoms with Crippen LogP contribution in [0.15, 0.2) is 17.7 Å². The highest BCUT2D eigenvalue weighted by molar-refractivity contribution is 5.85. The predicted octanol–water partition coefficient (Wildman–Crippen LogP) is 2.45. The summed E-state index contributed by atoms with van der Waals surface area (Å²) in [6.07, 6.45) is 2.21. The Kier molecular flexibility index (Phi) is 3.24. The van der Waals surface area contributed by atoms with Gasteiger partial charge in [-0.15, -0.1) is 0 Å². The fourth-order valence-corrected chi connectivity index (χ4v) is 2.06. The Morgan fingerprint density at radius 3 is 2.76 bits per heavy atom. The molecule has 1 aromatic carbocycles. The van der Waals surface area contributed by atoms with Crippen molar-refractivity contribution in [2.45, 2.75) is 13.8 Å². The molecule has 0 bridgehead atoms. The van der Waals surface area contributed by atoms with Crippen molar-refractivity contribution in [2.24, 2.45) is 11.8 Å². The number of benzene rings is 1. The quantitative estimate of drug-likeness (QED) is 0.702. The third-order valence-corrected chi connectivity index (χ3v) is 3.14. The van der Waals surface area contributed by atoms with Crippen molar-refractivity contribution in [3.63, 3.8) is 0 Å². The molecule has 0 saturated carbocycles. The summed E-state index contributed by atoms with van der Waals surface area (Å²) in [5, 5.41) is 6.56. The van der Waals surface area contributed by atoms with Gasteiger partial charge < -0.3 is 15.5 Å². The molecule has 4 heteroatoms. The lowest BCUT2D eigenvalue weighted by Crippen LogP contribution is -2.16. The lowest BCUT2D eigenvalue weighted by atomic mass is 9.95. The summed E-state index contributed by atoms with van der Waals surface area (Å²) in [6, 6.07) is 3.86. The largest absolute Gasteiger partial charge is 0.409 e. The molecule has 1 aromatic rings. The molecule has 0 aromatic heterocycles. The van der Waals surface area contributed by atoms with Gasteiger partial charge in [-0.2, -0.15) is 5.90 Å². The lowest BCUT2D eigenvalue weighted by molar-refractivity contribution is 0.336. The van der Waals surface area contributed by atoms with Crippen molar-refractivity contribution >= 4 is 17.5 Å². The van der Waals surface area contributed by atoms with Crippen molar-refractivity contribution in [1.82, 2.24) is 0 Å². The second-order valence-electron chi connectivity index (χ2n) is 4.50. The average Bonchev–Trinajstić information content (AvgIpc) is 2.36. The molecule has 1 aliphatic heterocycles. The molecule has 2 rings (SSSR count). The second kappa shape index (κ2) is 4.67. The molecule has 0 fully saturated rings. The van der Waals surface area contributed by atoms with Crippen molar-refractivity contribution < 1.29 is 4.84 Å². The summed E-state index contributed by atoms with van der Waals surface area (Å²) >= 11 is 0. The molecule has 1 heterocycles. The molecule has 17 heavy (non-hydrogen) atoms. The molecule has 0 atom stereocenters. The van der Waals surface area contributed by atoms with Crippen LogP contribution in [-0.2, 0) is 0 Å². The highest BCUT2D eigenvalue weighted by Crippen LogP contribution is 2.37. The summed E-state index contributed by atoms with van der Waals surface area (Å²) in [7, 11) is 1.87. The van der Waals surface area contributed by atoms with Crippen LogP contribution < -0.4 is 21.4 Å². The topological polar surface area (TPSA) is 59.3 Å². The molecule has 4 nitrogen and oxygen atoms in total. The van der Waals surface area contributed by atoms with Crippen LogP contribution in [0.5, 0.6) is 5.75 Å². The van der Waals surface area contributed by atoms with E-state index in [0.717, 1.165) is 23.5 Å². The van der Waals surface area contributed by atoms with E-state index in [1.807, 2.05) is 19.2 Å². The zero-order valence-corrected chi connectivity index (χ0v) is 10.5. The number of rotatable bonds is 3. The molecular formula is C13H19N3O. The Hall–Kier alpha value is -1.68. The van der Waals surface area contributed by atoms with Crippen LogP contribution in [0.4, 0.5) is 11.4 Å². The average molecular weight is 233 g/mol. The molecule has 4 N–H and O–H groups in total. The molecule has 0 amide bonds. The molecule has 1 aliphatic rings. The van der Waals surface area contributed by atoms with Crippen LogP contribution in [0.1, 0.15) is 19.4 Å². The molecule has 0 saturated heterocycles. The van der Waals surface area contributed by atoms with Crippen LogP contribution in [-0.4, -0.2) is 13.6 Å². The zero-order chi connectivity index (χ0) is 12.4. The van der Waals surface area contributed by atoms with E-state index in [4.69, 9.17) is 10.7 Å². The maximum Gasteiger partial charge on any atom is 0.170 e. The first kappa shape index (κ1) is 11.8. The first-order valence-electron chi connectivity index (χ1n) is 5.83. The van der Waals surface area contributed by atoms with Gasteiger partial charge in [-0.1, -0.05) is 13.8 Å². The summed E-state index contributed by atoms with van der Waals surface area (Å²) < 4.78 is 0. The third kappa shape index (κ3) is 2.08. The van der Waals surface area contributed by atoms with Crippen molar-refractivity contribution in [2.75, 3.05) is 24.2 Å². The van der Waals surface area contributed by atoms with Crippen LogP contribution >= 0.6 is 0 Å². The van der Waals surface area contributed by atoms with Crippen LogP contribution in [0.3, 0.4) is 0 Å². The summed E-state index contributed by atoms with van der Waals surface area (Å²) in [5.74, 6) is 6.46. The van der Waals surface area contributed by atoms with E-state index in [-0.39, 0.29) is 0 Å². The standard InChI is InChI=1S/C13H19N3O/c1-8(2)9-6-10-11(16-7-9)4-5-12(17-14)13(10)15-3/h4-6,8,15-16H,7,14H2,1-3H3. The van der Waals surface area contributed by atoms with Gasteiger partial charge in [0.2, 0.25) is 0 Å². The fourth-order valence-electron chi connectivity index (χ4n) is 2.06. The van der Waals surface area contributed by atoms with Gasteiger partial charge in [-0.05, 0) is 29.7 Å². The normalized spacial score (nSPS) is 13.8. The second-order valence-corrected chi connectivity index (χ2v) is 4.50. The fraction of sp³-hybridized carbons (Fsp3) is 0.385. The van der Waals surface area contributed by atoms with E-state index in [9.17, 15) is 0 Å². The van der Waals surface area contributed by atoms with Gasteiger partial charge in [0, 0.05) is 24.8 Å². The number of fused-ring (bicyclic) bond motifs is 1. The molecular weight excluding hydrogens is 214 g/mol. The smallest absolute Gasteiger partial charge is 0.170 e. The van der Waals surface area contributed by atoms with Crippen molar-refractivity contribution in [3.8, 4) is 5.75 Å². The zero-order valence-electron chi connectivity index (χ0n) is 10.5.